The van der Waals surface area contributed by atoms with Gasteiger partial charge in [0.2, 0.25) is 0 Å². The third kappa shape index (κ3) is 7.61. The topological polar surface area (TPSA) is 57.5 Å². The highest BCUT2D eigenvalue weighted by Crippen LogP contribution is 2.32. The Kier molecular flexibility index (Phi) is 10.6. The van der Waals surface area contributed by atoms with Gasteiger partial charge in [0.1, 0.15) is 0 Å². The van der Waals surface area contributed by atoms with Crippen LogP contribution >= 0.6 is 11.6 Å². The molecule has 0 fully saturated rings. The molecule has 0 radical (unpaired) electrons. The summed E-state index contributed by atoms with van der Waals surface area (Å²) in [6, 6.07) is 0. The van der Waals surface area contributed by atoms with E-state index in [9.17, 15) is 9.90 Å². The normalized spacial score (nSPS) is 21.3. The van der Waals surface area contributed by atoms with Gasteiger partial charge in [-0.3, -0.25) is 4.79 Å². The molecule has 0 aromatic rings. The van der Waals surface area contributed by atoms with E-state index in [1.165, 1.54) is 0 Å². The van der Waals surface area contributed by atoms with E-state index in [1.807, 2.05) is 18.2 Å². The molecule has 0 bridgehead atoms. The average molecular weight is 353 g/mol. The molecule has 0 aromatic carbocycles. The van der Waals surface area contributed by atoms with E-state index in [-0.39, 0.29) is 23.3 Å². The molecule has 2 atom stereocenters. The number of allylic oxidation sites excluding steroid dienone is 6. The molecule has 3 nitrogen and oxygen atoms in total. The number of aliphatic hydroxyl groups excluding tert-OH is 2. The Morgan fingerprint density at radius 2 is 2.00 bits per heavy atom. The van der Waals surface area contributed by atoms with Gasteiger partial charge < -0.3 is 10.2 Å². The van der Waals surface area contributed by atoms with E-state index in [2.05, 4.69) is 19.1 Å². The molecule has 1 aliphatic rings. The number of rotatable bonds is 11. The van der Waals surface area contributed by atoms with Gasteiger partial charge in [0.25, 0.3) is 0 Å². The Hall–Kier alpha value is -1.16. The predicted octanol–water partition coefficient (Wildman–Crippen LogP) is 4.45. The fourth-order valence-corrected chi connectivity index (χ4v) is 2.86. The third-order valence-electron chi connectivity index (χ3n) is 3.98. The second-order valence-electron chi connectivity index (χ2n) is 6.04. The number of unbranched alkanes of at least 4 members (excludes halogenated alkanes) is 2. The van der Waals surface area contributed by atoms with E-state index in [1.54, 1.807) is 6.08 Å². The number of hydrogen-bond donors (Lipinski definition) is 2. The van der Waals surface area contributed by atoms with Crippen LogP contribution in [0.1, 0.15) is 51.9 Å². The second-order valence-corrected chi connectivity index (χ2v) is 6.45. The summed E-state index contributed by atoms with van der Waals surface area (Å²) in [5.41, 5.74) is 0.693. The second kappa shape index (κ2) is 12.2. The van der Waals surface area contributed by atoms with Crippen molar-refractivity contribution in [2.45, 2.75) is 58.0 Å². The first-order chi connectivity index (χ1) is 11.6. The van der Waals surface area contributed by atoms with Gasteiger partial charge in [0, 0.05) is 18.1 Å². The quantitative estimate of drug-likeness (QED) is 0.328. The van der Waals surface area contributed by atoms with Crippen molar-refractivity contribution in [3.63, 3.8) is 0 Å². The van der Waals surface area contributed by atoms with Crippen LogP contribution in [0.25, 0.3) is 0 Å². The molecule has 1 aliphatic carbocycles. The van der Waals surface area contributed by atoms with Crippen LogP contribution in [0.15, 0.2) is 47.1 Å². The van der Waals surface area contributed by atoms with Crippen LogP contribution in [0.4, 0.5) is 0 Å². The number of carbonyl (C=O) groups is 1. The van der Waals surface area contributed by atoms with Crippen molar-refractivity contribution < 1.29 is 15.0 Å². The van der Waals surface area contributed by atoms with Gasteiger partial charge in [-0.15, -0.1) is 0 Å². The van der Waals surface area contributed by atoms with Crippen molar-refractivity contribution in [1.29, 1.82) is 0 Å². The smallest absolute Gasteiger partial charge is 0.200 e. The van der Waals surface area contributed by atoms with E-state index < -0.39 is 6.10 Å². The number of carbonyl (C=O) groups excluding carboxylic acids is 1. The molecule has 0 heterocycles. The van der Waals surface area contributed by atoms with Gasteiger partial charge in [-0.05, 0) is 44.9 Å². The summed E-state index contributed by atoms with van der Waals surface area (Å²) in [6.07, 6.45) is 16.8. The van der Waals surface area contributed by atoms with E-state index in [0.717, 1.165) is 32.1 Å². The van der Waals surface area contributed by atoms with E-state index in [4.69, 9.17) is 16.7 Å². The molecule has 1 rings (SSSR count). The summed E-state index contributed by atoms with van der Waals surface area (Å²) in [6.45, 7) is 2.28. The van der Waals surface area contributed by atoms with Gasteiger partial charge in [0.05, 0.1) is 11.1 Å². The maximum atomic E-state index is 12.1. The minimum Gasteiger partial charge on any atom is -0.396 e. The van der Waals surface area contributed by atoms with Crippen LogP contribution in [0.5, 0.6) is 0 Å². The molecule has 134 valence electrons. The summed E-state index contributed by atoms with van der Waals surface area (Å²) in [5, 5.41) is 19.0. The Bertz CT molecular complexity index is 503. The first kappa shape index (κ1) is 20.9. The summed E-state index contributed by atoms with van der Waals surface area (Å²) in [4.78, 5) is 12.1. The lowest BCUT2D eigenvalue weighted by Crippen LogP contribution is -2.07. The summed E-state index contributed by atoms with van der Waals surface area (Å²) in [5.74, 6) is -0.121. The van der Waals surface area contributed by atoms with Crippen molar-refractivity contribution in [2.24, 2.45) is 5.92 Å². The predicted molar refractivity (Wildman–Crippen MR) is 99.9 cm³/mol. The fourth-order valence-electron chi connectivity index (χ4n) is 2.60. The zero-order chi connectivity index (χ0) is 17.8. The van der Waals surface area contributed by atoms with Crippen molar-refractivity contribution >= 4 is 17.4 Å². The Morgan fingerprint density at radius 3 is 2.71 bits per heavy atom. The van der Waals surface area contributed by atoms with Gasteiger partial charge in [0.15, 0.2) is 5.78 Å². The largest absolute Gasteiger partial charge is 0.396 e. The fraction of sp³-hybridized carbons (Fsp3) is 0.550. The number of hydrogen-bond acceptors (Lipinski definition) is 3. The maximum absolute atomic E-state index is 12.1. The number of aliphatic hydroxyl groups is 2. The highest BCUT2D eigenvalue weighted by atomic mass is 35.5. The Morgan fingerprint density at radius 1 is 1.21 bits per heavy atom. The molecule has 0 aromatic heterocycles. The molecule has 0 saturated carbocycles. The summed E-state index contributed by atoms with van der Waals surface area (Å²) in [7, 11) is 0. The van der Waals surface area contributed by atoms with E-state index in [0.29, 0.717) is 18.4 Å². The summed E-state index contributed by atoms with van der Waals surface area (Å²) >= 11 is 6.00. The first-order valence-corrected chi connectivity index (χ1v) is 9.18. The average Bonchev–Trinajstić information content (AvgIpc) is 2.83. The number of halogens is 1. The van der Waals surface area contributed by atoms with Gasteiger partial charge in [-0.2, -0.15) is 0 Å². The molecule has 0 amide bonds. The van der Waals surface area contributed by atoms with Crippen molar-refractivity contribution in [2.75, 3.05) is 6.61 Å². The highest BCUT2D eigenvalue weighted by molar-refractivity contribution is 6.46. The minimum atomic E-state index is -0.470. The first-order valence-electron chi connectivity index (χ1n) is 8.81. The molecule has 4 heteroatoms. The monoisotopic (exact) mass is 352 g/mol. The molecule has 24 heavy (non-hydrogen) atoms. The molecule has 0 spiro atoms. The van der Waals surface area contributed by atoms with E-state index >= 15 is 0 Å². The lowest BCUT2D eigenvalue weighted by molar-refractivity contribution is -0.111. The number of ketones is 1. The molecule has 0 aliphatic heterocycles. The molecule has 2 N–H and O–H groups in total. The van der Waals surface area contributed by atoms with Crippen LogP contribution in [-0.2, 0) is 4.79 Å². The van der Waals surface area contributed by atoms with Gasteiger partial charge in [-0.25, -0.2) is 0 Å². The Labute approximate surface area is 150 Å². The maximum Gasteiger partial charge on any atom is 0.200 e. The third-order valence-corrected chi connectivity index (χ3v) is 4.28. The lowest BCUT2D eigenvalue weighted by atomic mass is 9.96. The number of Topliss-reactive ketones (excluding diaryl/α,β-unsaturated/α-hetero) is 1. The van der Waals surface area contributed by atoms with Crippen LogP contribution < -0.4 is 0 Å². The SMILES string of the molecule is CC/C=C\C[C@H](O)C/C=C1/C(=O)C(Cl)=C[C@@H]1C/C=C\CCCCO. The standard InChI is InChI=1S/C20H29ClO3/c1-2-3-7-11-17(23)12-13-18-16(15-19(21)20(18)24)10-8-5-4-6-9-14-22/h3,5,7-8,13,15-17,22-23H,2,4,6,9-12,14H2,1H3/b7-3-,8-5-,18-13+/t16-,17-/m0/s1. The zero-order valence-electron chi connectivity index (χ0n) is 14.5. The minimum absolute atomic E-state index is 0.00234. The molecular weight excluding hydrogens is 324 g/mol. The van der Waals surface area contributed by atoms with Crippen molar-refractivity contribution in [1.82, 2.24) is 0 Å². The molecular formula is C20H29ClO3. The van der Waals surface area contributed by atoms with Crippen LogP contribution in [0.2, 0.25) is 0 Å². The van der Waals surface area contributed by atoms with Crippen LogP contribution in [-0.4, -0.2) is 28.7 Å². The molecule has 0 saturated heterocycles. The lowest BCUT2D eigenvalue weighted by Gasteiger charge is -2.09. The van der Waals surface area contributed by atoms with Crippen molar-refractivity contribution in [3.05, 3.63) is 47.1 Å². The Balaban J connectivity index is 2.54. The molecule has 0 unspecified atom stereocenters. The van der Waals surface area contributed by atoms with Crippen molar-refractivity contribution in [3.8, 4) is 0 Å². The van der Waals surface area contributed by atoms with Gasteiger partial charge in [-0.1, -0.05) is 55.0 Å². The summed E-state index contributed by atoms with van der Waals surface area (Å²) < 4.78 is 0. The van der Waals surface area contributed by atoms with Crippen LogP contribution in [0.3, 0.4) is 0 Å². The van der Waals surface area contributed by atoms with Crippen LogP contribution in [0, 0.1) is 5.92 Å². The van der Waals surface area contributed by atoms with Gasteiger partial charge >= 0.3 is 0 Å². The highest BCUT2D eigenvalue weighted by Gasteiger charge is 2.27. The zero-order valence-corrected chi connectivity index (χ0v) is 15.2.